The minimum Gasteiger partial charge on any atom is -0.310 e. The Bertz CT molecular complexity index is 470. The maximum absolute atomic E-state index is 12.8. The standard InChI is InChI=1S/C18H28ClNO/c1-6-9-14(3)20(16-11-8-10-15(19)12-16)17(21)13-18(4,5)7-2/h8,10-12,14H,6-7,9,13H2,1-5H3. The summed E-state index contributed by atoms with van der Waals surface area (Å²) in [4.78, 5) is 14.8. The maximum Gasteiger partial charge on any atom is 0.227 e. The van der Waals surface area contributed by atoms with Gasteiger partial charge in [-0.05, 0) is 37.0 Å². The van der Waals surface area contributed by atoms with Crippen LogP contribution in [0.1, 0.15) is 60.3 Å². The Labute approximate surface area is 134 Å². The largest absolute Gasteiger partial charge is 0.310 e. The van der Waals surface area contributed by atoms with Gasteiger partial charge in [-0.15, -0.1) is 0 Å². The van der Waals surface area contributed by atoms with E-state index in [1.165, 1.54) is 0 Å². The first-order valence-corrected chi connectivity index (χ1v) is 8.26. The number of carbonyl (C=O) groups excluding carboxylic acids is 1. The molecule has 2 nitrogen and oxygen atoms in total. The fourth-order valence-electron chi connectivity index (χ4n) is 2.44. The van der Waals surface area contributed by atoms with Crippen molar-refractivity contribution >= 4 is 23.2 Å². The molecule has 1 aromatic carbocycles. The van der Waals surface area contributed by atoms with Gasteiger partial charge in [0.25, 0.3) is 0 Å². The zero-order valence-corrected chi connectivity index (χ0v) is 14.7. The maximum atomic E-state index is 12.8. The second kappa shape index (κ2) is 7.84. The lowest BCUT2D eigenvalue weighted by Gasteiger charge is -2.33. The molecular weight excluding hydrogens is 282 g/mol. The van der Waals surface area contributed by atoms with Gasteiger partial charge in [0, 0.05) is 23.2 Å². The van der Waals surface area contributed by atoms with Crippen molar-refractivity contribution in [2.75, 3.05) is 4.90 Å². The number of nitrogens with zero attached hydrogens (tertiary/aromatic N) is 1. The molecule has 118 valence electrons. The summed E-state index contributed by atoms with van der Waals surface area (Å²) < 4.78 is 0. The van der Waals surface area contributed by atoms with Crippen LogP contribution >= 0.6 is 11.6 Å². The van der Waals surface area contributed by atoms with E-state index >= 15 is 0 Å². The molecule has 0 N–H and O–H groups in total. The van der Waals surface area contributed by atoms with E-state index in [2.05, 4.69) is 34.6 Å². The minimum absolute atomic E-state index is 0.0276. The summed E-state index contributed by atoms with van der Waals surface area (Å²) >= 11 is 6.10. The molecule has 0 saturated heterocycles. The van der Waals surface area contributed by atoms with E-state index in [1.807, 2.05) is 29.2 Å². The molecule has 0 aliphatic rings. The summed E-state index contributed by atoms with van der Waals surface area (Å²) in [5.74, 6) is 0.185. The molecule has 0 heterocycles. The molecule has 1 atom stereocenters. The molecule has 0 saturated carbocycles. The minimum atomic E-state index is 0.0276. The van der Waals surface area contributed by atoms with Crippen LogP contribution in [0, 0.1) is 5.41 Å². The zero-order chi connectivity index (χ0) is 16.0. The Morgan fingerprint density at radius 2 is 2.00 bits per heavy atom. The second-order valence-corrected chi connectivity index (χ2v) is 7.01. The van der Waals surface area contributed by atoms with Crippen LogP contribution < -0.4 is 4.90 Å². The number of benzene rings is 1. The molecule has 1 aromatic rings. The van der Waals surface area contributed by atoms with Crippen molar-refractivity contribution < 1.29 is 4.79 Å². The third-order valence-corrected chi connectivity index (χ3v) is 4.32. The average Bonchev–Trinajstić information content (AvgIpc) is 2.38. The van der Waals surface area contributed by atoms with E-state index in [9.17, 15) is 4.79 Å². The molecule has 21 heavy (non-hydrogen) atoms. The van der Waals surface area contributed by atoms with E-state index in [4.69, 9.17) is 11.6 Å². The number of rotatable bonds is 7. The summed E-state index contributed by atoms with van der Waals surface area (Å²) in [5.41, 5.74) is 0.931. The number of halogens is 1. The van der Waals surface area contributed by atoms with Crippen LogP contribution in [0.2, 0.25) is 5.02 Å². The Kier molecular flexibility index (Phi) is 6.73. The van der Waals surface area contributed by atoms with Crippen LogP contribution in [0.5, 0.6) is 0 Å². The highest BCUT2D eigenvalue weighted by atomic mass is 35.5. The van der Waals surface area contributed by atoms with Crippen molar-refractivity contribution in [3.63, 3.8) is 0 Å². The summed E-state index contributed by atoms with van der Waals surface area (Å²) in [6.45, 7) is 10.7. The molecule has 0 spiro atoms. The molecule has 0 bridgehead atoms. The topological polar surface area (TPSA) is 20.3 Å². The predicted octanol–water partition coefficient (Wildman–Crippen LogP) is 5.69. The average molecular weight is 310 g/mol. The van der Waals surface area contributed by atoms with E-state index in [0.29, 0.717) is 11.4 Å². The molecule has 0 aliphatic heterocycles. The van der Waals surface area contributed by atoms with Gasteiger partial charge in [-0.25, -0.2) is 0 Å². The predicted molar refractivity (Wildman–Crippen MR) is 92.0 cm³/mol. The molecule has 1 rings (SSSR count). The van der Waals surface area contributed by atoms with Crippen molar-refractivity contribution in [3.05, 3.63) is 29.3 Å². The zero-order valence-electron chi connectivity index (χ0n) is 13.9. The molecule has 1 unspecified atom stereocenters. The van der Waals surface area contributed by atoms with Crippen molar-refractivity contribution in [1.82, 2.24) is 0 Å². The van der Waals surface area contributed by atoms with Crippen LogP contribution in [0.3, 0.4) is 0 Å². The Hall–Kier alpha value is -1.02. The number of carbonyl (C=O) groups is 1. The van der Waals surface area contributed by atoms with Crippen LogP contribution in [0.15, 0.2) is 24.3 Å². The van der Waals surface area contributed by atoms with Crippen LogP contribution in [0.4, 0.5) is 5.69 Å². The highest BCUT2D eigenvalue weighted by molar-refractivity contribution is 6.30. The summed E-state index contributed by atoms with van der Waals surface area (Å²) in [6.07, 6.45) is 3.60. The number of hydrogen-bond acceptors (Lipinski definition) is 1. The lowest BCUT2D eigenvalue weighted by Crippen LogP contribution is -2.40. The monoisotopic (exact) mass is 309 g/mol. The summed E-state index contributed by atoms with van der Waals surface area (Å²) in [6, 6.07) is 7.78. The molecular formula is C18H28ClNO. The van der Waals surface area contributed by atoms with Gasteiger partial charge in [0.15, 0.2) is 0 Å². The summed E-state index contributed by atoms with van der Waals surface area (Å²) in [5, 5.41) is 0.670. The highest BCUT2D eigenvalue weighted by Gasteiger charge is 2.27. The number of amides is 1. The van der Waals surface area contributed by atoms with Gasteiger partial charge in [0.2, 0.25) is 5.91 Å². The van der Waals surface area contributed by atoms with Gasteiger partial charge in [-0.1, -0.05) is 58.2 Å². The lowest BCUT2D eigenvalue weighted by molar-refractivity contribution is -0.121. The first-order chi connectivity index (χ1) is 9.80. The van der Waals surface area contributed by atoms with E-state index in [1.54, 1.807) is 0 Å². The fourth-order valence-corrected chi connectivity index (χ4v) is 2.62. The second-order valence-electron chi connectivity index (χ2n) is 6.58. The van der Waals surface area contributed by atoms with Gasteiger partial charge in [0.05, 0.1) is 0 Å². The van der Waals surface area contributed by atoms with E-state index in [0.717, 1.165) is 24.9 Å². The number of hydrogen-bond donors (Lipinski definition) is 0. The quantitative estimate of drug-likeness (QED) is 0.633. The van der Waals surface area contributed by atoms with Crippen LogP contribution in [-0.4, -0.2) is 11.9 Å². The smallest absolute Gasteiger partial charge is 0.227 e. The first kappa shape index (κ1) is 18.0. The molecule has 0 radical (unpaired) electrons. The highest BCUT2D eigenvalue weighted by Crippen LogP contribution is 2.29. The molecule has 0 aromatic heterocycles. The van der Waals surface area contributed by atoms with Gasteiger partial charge in [-0.2, -0.15) is 0 Å². The SMILES string of the molecule is CCCC(C)N(C(=O)CC(C)(C)CC)c1cccc(Cl)c1. The Morgan fingerprint density at radius 3 is 2.52 bits per heavy atom. The van der Waals surface area contributed by atoms with Gasteiger partial charge in [0.1, 0.15) is 0 Å². The molecule has 3 heteroatoms. The van der Waals surface area contributed by atoms with Crippen molar-refractivity contribution in [1.29, 1.82) is 0 Å². The van der Waals surface area contributed by atoms with Crippen molar-refractivity contribution in [3.8, 4) is 0 Å². The van der Waals surface area contributed by atoms with E-state index < -0.39 is 0 Å². The van der Waals surface area contributed by atoms with Gasteiger partial charge < -0.3 is 4.90 Å². The molecule has 0 aliphatic carbocycles. The molecule has 1 amide bonds. The third-order valence-electron chi connectivity index (χ3n) is 4.09. The van der Waals surface area contributed by atoms with Gasteiger partial charge >= 0.3 is 0 Å². The lowest BCUT2D eigenvalue weighted by atomic mass is 9.85. The third kappa shape index (κ3) is 5.35. The fraction of sp³-hybridized carbons (Fsp3) is 0.611. The van der Waals surface area contributed by atoms with Gasteiger partial charge in [-0.3, -0.25) is 4.79 Å². The van der Waals surface area contributed by atoms with Crippen LogP contribution in [-0.2, 0) is 4.79 Å². The van der Waals surface area contributed by atoms with Crippen molar-refractivity contribution in [2.45, 2.75) is 66.3 Å². The Balaban J connectivity index is 3.05. The normalized spacial score (nSPS) is 13.0. The van der Waals surface area contributed by atoms with E-state index in [-0.39, 0.29) is 17.4 Å². The van der Waals surface area contributed by atoms with Crippen molar-refractivity contribution in [2.24, 2.45) is 5.41 Å². The van der Waals surface area contributed by atoms with Crippen LogP contribution in [0.25, 0.3) is 0 Å². The number of anilines is 1. The summed E-state index contributed by atoms with van der Waals surface area (Å²) in [7, 11) is 0. The Morgan fingerprint density at radius 1 is 1.33 bits per heavy atom. The molecule has 0 fully saturated rings. The first-order valence-electron chi connectivity index (χ1n) is 7.88.